The maximum atomic E-state index is 12.4. The Kier molecular flexibility index (Phi) is 6.81. The van der Waals surface area contributed by atoms with Crippen molar-refractivity contribution in [3.63, 3.8) is 0 Å². The SMILES string of the molecule is CSC(=Nc1c(Cl)cc(SC(F)(F)F)c(Cl)c1Cl)NC#N. The largest absolute Gasteiger partial charge is 0.446 e. The summed E-state index contributed by atoms with van der Waals surface area (Å²) >= 11 is 18.3. The van der Waals surface area contributed by atoms with E-state index < -0.39 is 17.3 Å². The molecule has 0 fully saturated rings. The number of nitrogens with one attached hydrogen (secondary N) is 1. The Morgan fingerprint density at radius 3 is 2.43 bits per heavy atom. The molecule has 1 rings (SSSR count). The highest BCUT2D eigenvalue weighted by Gasteiger charge is 2.31. The van der Waals surface area contributed by atoms with E-state index in [1.807, 2.05) is 0 Å². The van der Waals surface area contributed by atoms with Crippen molar-refractivity contribution in [2.75, 3.05) is 6.26 Å². The molecule has 0 atom stereocenters. The average Bonchev–Trinajstić information content (AvgIpc) is 2.37. The van der Waals surface area contributed by atoms with Crippen molar-refractivity contribution in [3.05, 3.63) is 21.1 Å². The summed E-state index contributed by atoms with van der Waals surface area (Å²) in [6, 6.07) is 1.02. The lowest BCUT2D eigenvalue weighted by atomic mass is 10.3. The van der Waals surface area contributed by atoms with Gasteiger partial charge in [-0.25, -0.2) is 4.99 Å². The van der Waals surface area contributed by atoms with Crippen LogP contribution < -0.4 is 5.32 Å². The van der Waals surface area contributed by atoms with Gasteiger partial charge < -0.3 is 0 Å². The highest BCUT2D eigenvalue weighted by Crippen LogP contribution is 2.48. The lowest BCUT2D eigenvalue weighted by Gasteiger charge is -2.12. The van der Waals surface area contributed by atoms with Crippen molar-refractivity contribution in [2.45, 2.75) is 10.4 Å². The molecule has 1 aromatic carbocycles. The van der Waals surface area contributed by atoms with Gasteiger partial charge in [0, 0.05) is 4.90 Å². The van der Waals surface area contributed by atoms with Crippen LogP contribution in [0.2, 0.25) is 15.1 Å². The van der Waals surface area contributed by atoms with Gasteiger partial charge in [-0.3, -0.25) is 5.32 Å². The van der Waals surface area contributed by atoms with E-state index in [0.29, 0.717) is 0 Å². The van der Waals surface area contributed by atoms with Gasteiger partial charge in [-0.05, 0) is 24.1 Å². The molecule has 1 aromatic rings. The van der Waals surface area contributed by atoms with Gasteiger partial charge in [0.1, 0.15) is 5.69 Å². The summed E-state index contributed by atoms with van der Waals surface area (Å²) in [6.45, 7) is 0. The summed E-state index contributed by atoms with van der Waals surface area (Å²) in [5.74, 6) is 0. The smallest absolute Gasteiger partial charge is 0.271 e. The van der Waals surface area contributed by atoms with Crippen molar-refractivity contribution >= 4 is 69.2 Å². The predicted octanol–water partition coefficient (Wildman–Crippen LogP) is 5.68. The maximum Gasteiger partial charge on any atom is 0.446 e. The summed E-state index contributed by atoms with van der Waals surface area (Å²) < 4.78 is 37.2. The van der Waals surface area contributed by atoms with Gasteiger partial charge in [0.05, 0.1) is 15.1 Å². The number of hydrogen-bond donors (Lipinski definition) is 1. The summed E-state index contributed by atoms with van der Waals surface area (Å²) in [6.07, 6.45) is 3.30. The lowest BCUT2D eigenvalue weighted by molar-refractivity contribution is -0.0328. The number of nitrogens with zero attached hydrogens (tertiary/aromatic N) is 2. The zero-order chi connectivity index (χ0) is 16.2. The summed E-state index contributed by atoms with van der Waals surface area (Å²) in [5.41, 5.74) is -4.53. The number of amidine groups is 1. The molecule has 0 heterocycles. The molecule has 0 bridgehead atoms. The van der Waals surface area contributed by atoms with Crippen molar-refractivity contribution < 1.29 is 13.2 Å². The fourth-order valence-corrected chi connectivity index (χ4v) is 3.01. The molecule has 11 heteroatoms. The van der Waals surface area contributed by atoms with Gasteiger partial charge >= 0.3 is 5.51 Å². The molecule has 0 aromatic heterocycles. The zero-order valence-corrected chi connectivity index (χ0v) is 14.0. The van der Waals surface area contributed by atoms with E-state index in [-0.39, 0.29) is 30.8 Å². The van der Waals surface area contributed by atoms with E-state index in [0.717, 1.165) is 17.8 Å². The van der Waals surface area contributed by atoms with Crippen LogP contribution in [0.3, 0.4) is 0 Å². The number of alkyl halides is 3. The molecule has 114 valence electrons. The topological polar surface area (TPSA) is 48.2 Å². The number of benzene rings is 1. The van der Waals surface area contributed by atoms with E-state index in [1.165, 1.54) is 0 Å². The normalized spacial score (nSPS) is 12.2. The highest BCUT2D eigenvalue weighted by atomic mass is 35.5. The first-order chi connectivity index (χ1) is 9.69. The van der Waals surface area contributed by atoms with Crippen LogP contribution >= 0.6 is 58.3 Å². The van der Waals surface area contributed by atoms with Crippen LogP contribution in [0.1, 0.15) is 0 Å². The van der Waals surface area contributed by atoms with Crippen LogP contribution in [-0.2, 0) is 0 Å². The standard InChI is InChI=1S/C10H5Cl3F3N3S2/c1-20-9(18-3-17)19-8-4(11)2-5(6(12)7(8)13)21-10(14,15)16/h2H,1H3,(H,18,19). The predicted molar refractivity (Wildman–Crippen MR) is 82.7 cm³/mol. The quantitative estimate of drug-likeness (QED) is 0.175. The minimum Gasteiger partial charge on any atom is -0.271 e. The fourth-order valence-electron chi connectivity index (χ4n) is 1.14. The number of thioether (sulfide) groups is 2. The van der Waals surface area contributed by atoms with Gasteiger partial charge in [-0.1, -0.05) is 46.6 Å². The van der Waals surface area contributed by atoms with E-state index in [4.69, 9.17) is 40.1 Å². The second kappa shape index (κ2) is 7.70. The molecule has 0 saturated carbocycles. The molecule has 3 nitrogen and oxygen atoms in total. The Bertz CT molecular complexity index is 614. The molecular formula is C10H5Cl3F3N3S2. The first kappa shape index (κ1) is 18.6. The third-order valence-corrected chi connectivity index (χ3v) is 4.51. The molecule has 0 saturated heterocycles. The van der Waals surface area contributed by atoms with Gasteiger partial charge in [-0.2, -0.15) is 18.4 Å². The Labute approximate surface area is 141 Å². The molecule has 0 spiro atoms. The minimum atomic E-state index is -4.52. The molecule has 0 radical (unpaired) electrons. The summed E-state index contributed by atoms with van der Waals surface area (Å²) in [4.78, 5) is 3.65. The Morgan fingerprint density at radius 2 is 1.95 bits per heavy atom. The Morgan fingerprint density at radius 1 is 1.33 bits per heavy atom. The molecule has 1 N–H and O–H groups in total. The van der Waals surface area contributed by atoms with Crippen LogP contribution in [0.4, 0.5) is 18.9 Å². The van der Waals surface area contributed by atoms with Crippen molar-refractivity contribution in [2.24, 2.45) is 4.99 Å². The third kappa shape index (κ3) is 5.34. The van der Waals surface area contributed by atoms with Gasteiger partial charge in [0.15, 0.2) is 11.4 Å². The van der Waals surface area contributed by atoms with Crippen LogP contribution in [0.5, 0.6) is 0 Å². The number of nitriles is 1. The zero-order valence-electron chi connectivity index (χ0n) is 10.1. The fraction of sp³-hybridized carbons (Fsp3) is 0.200. The number of halogens is 6. The van der Waals surface area contributed by atoms with Crippen molar-refractivity contribution in [1.82, 2.24) is 5.32 Å². The molecule has 0 amide bonds. The van der Waals surface area contributed by atoms with E-state index in [1.54, 1.807) is 12.4 Å². The molecule has 0 aliphatic rings. The van der Waals surface area contributed by atoms with Crippen LogP contribution in [0.25, 0.3) is 0 Å². The van der Waals surface area contributed by atoms with Crippen LogP contribution in [0.15, 0.2) is 16.0 Å². The summed E-state index contributed by atoms with van der Waals surface area (Å²) in [7, 11) is 0. The highest BCUT2D eigenvalue weighted by molar-refractivity contribution is 8.13. The monoisotopic (exact) mass is 393 g/mol. The first-order valence-corrected chi connectivity index (χ1v) is 8.08. The van der Waals surface area contributed by atoms with Crippen LogP contribution in [0, 0.1) is 11.5 Å². The van der Waals surface area contributed by atoms with E-state index in [9.17, 15) is 13.2 Å². The lowest BCUT2D eigenvalue weighted by Crippen LogP contribution is -2.12. The molecule has 21 heavy (non-hydrogen) atoms. The van der Waals surface area contributed by atoms with E-state index >= 15 is 0 Å². The minimum absolute atomic E-state index is 0.0121. The second-order valence-corrected chi connectivity index (χ2v) is 6.30. The average molecular weight is 395 g/mol. The molecule has 0 aliphatic carbocycles. The summed E-state index contributed by atoms with van der Waals surface area (Å²) in [5, 5.41) is 10.4. The molecular weight excluding hydrogens is 390 g/mol. The Hall–Kier alpha value is -0.460. The molecule has 0 aliphatic heterocycles. The van der Waals surface area contributed by atoms with Crippen molar-refractivity contribution in [1.29, 1.82) is 5.26 Å². The number of rotatable bonds is 2. The maximum absolute atomic E-state index is 12.4. The van der Waals surface area contributed by atoms with Crippen molar-refractivity contribution in [3.8, 4) is 6.19 Å². The van der Waals surface area contributed by atoms with Gasteiger partial charge in [-0.15, -0.1) is 0 Å². The third-order valence-electron chi connectivity index (χ3n) is 1.90. The Balaban J connectivity index is 3.33. The van der Waals surface area contributed by atoms with Crippen LogP contribution in [-0.4, -0.2) is 16.9 Å². The van der Waals surface area contributed by atoms with Gasteiger partial charge in [0.25, 0.3) is 0 Å². The second-order valence-electron chi connectivity index (χ2n) is 3.24. The number of aliphatic imine (C=N–C) groups is 1. The first-order valence-electron chi connectivity index (χ1n) is 4.90. The molecule has 0 unspecified atom stereocenters. The number of hydrogen-bond acceptors (Lipinski definition) is 4. The van der Waals surface area contributed by atoms with E-state index in [2.05, 4.69) is 10.3 Å². The van der Waals surface area contributed by atoms with Gasteiger partial charge in [0.2, 0.25) is 0 Å².